The molecule has 1 N–H and O–H groups in total. The molecule has 150 valence electrons. The molecule has 0 unspecified atom stereocenters. The van der Waals surface area contributed by atoms with Crippen LogP contribution in [0.1, 0.15) is 28.9 Å². The average Bonchev–Trinajstić information content (AvgIpc) is 3.60. The van der Waals surface area contributed by atoms with Gasteiger partial charge in [-0.3, -0.25) is 14.5 Å². The Morgan fingerprint density at radius 3 is 2.55 bits per heavy atom. The Bertz CT molecular complexity index is 1100. The number of hydrogen-bond acceptors (Lipinski definition) is 5. The molecule has 0 saturated heterocycles. The summed E-state index contributed by atoms with van der Waals surface area (Å²) in [6, 6.07) is 15.4. The summed E-state index contributed by atoms with van der Waals surface area (Å²) in [7, 11) is 3.22. The van der Waals surface area contributed by atoms with E-state index >= 15 is 0 Å². The van der Waals surface area contributed by atoms with Crippen LogP contribution in [0, 0.1) is 0 Å². The predicted molar refractivity (Wildman–Crippen MR) is 111 cm³/mol. The number of rotatable bonds is 7. The van der Waals surface area contributed by atoms with Crippen LogP contribution in [-0.2, 0) is 13.2 Å². The zero-order chi connectivity index (χ0) is 20.4. The zero-order valence-electron chi connectivity index (χ0n) is 16.6. The van der Waals surface area contributed by atoms with Crippen LogP contribution < -0.4 is 15.6 Å². The van der Waals surface area contributed by atoms with Crippen LogP contribution in [0.3, 0.4) is 0 Å². The van der Waals surface area contributed by atoms with Crippen LogP contribution in [0.15, 0.2) is 53.3 Å². The van der Waals surface area contributed by atoms with E-state index in [1.165, 1.54) is 4.68 Å². The topological polar surface area (TPSA) is 76.5 Å². The van der Waals surface area contributed by atoms with Crippen LogP contribution in [0.2, 0.25) is 0 Å². The molecule has 4 rings (SSSR count). The number of carbonyl (C=O) groups is 1. The zero-order valence-corrected chi connectivity index (χ0v) is 16.6. The highest BCUT2D eigenvalue weighted by Gasteiger charge is 2.30. The van der Waals surface area contributed by atoms with Gasteiger partial charge in [0.1, 0.15) is 5.75 Å². The molecule has 1 saturated carbocycles. The van der Waals surface area contributed by atoms with Crippen molar-refractivity contribution < 1.29 is 9.53 Å². The molecule has 1 aromatic heterocycles. The Hall–Kier alpha value is -3.19. The Morgan fingerprint density at radius 1 is 1.17 bits per heavy atom. The van der Waals surface area contributed by atoms with Crippen molar-refractivity contribution in [1.29, 1.82) is 0 Å². The van der Waals surface area contributed by atoms with E-state index < -0.39 is 0 Å². The monoisotopic (exact) mass is 392 g/mol. The SMILES string of the molecule is CNC(=O)c1nn(CN(Cc2ccccc2OC)C2CC2)c(=O)c2ccccc12. The molecule has 0 bridgehead atoms. The standard InChI is InChI=1S/C22H24N4O3/c1-23-21(27)20-17-8-4-5-9-18(17)22(28)26(24-20)14-25(16-11-12-16)13-15-7-3-6-10-19(15)29-2/h3-10,16H,11-14H2,1-2H3,(H,23,27). The van der Waals surface area contributed by atoms with E-state index in [-0.39, 0.29) is 17.2 Å². The van der Waals surface area contributed by atoms with E-state index in [2.05, 4.69) is 15.3 Å². The van der Waals surface area contributed by atoms with Crippen molar-refractivity contribution in [3.63, 3.8) is 0 Å². The van der Waals surface area contributed by atoms with Crippen LogP contribution in [0.5, 0.6) is 5.75 Å². The first-order valence-electron chi connectivity index (χ1n) is 9.70. The van der Waals surface area contributed by atoms with Gasteiger partial charge < -0.3 is 10.1 Å². The van der Waals surface area contributed by atoms with E-state index in [1.54, 1.807) is 38.4 Å². The van der Waals surface area contributed by atoms with Gasteiger partial charge in [0.2, 0.25) is 0 Å². The summed E-state index contributed by atoms with van der Waals surface area (Å²) in [6.45, 7) is 0.960. The number of nitrogens with zero attached hydrogens (tertiary/aromatic N) is 3. The molecule has 0 atom stereocenters. The second kappa shape index (κ2) is 8.05. The molecule has 1 aliphatic carbocycles. The second-order valence-electron chi connectivity index (χ2n) is 7.21. The lowest BCUT2D eigenvalue weighted by Gasteiger charge is -2.24. The molecule has 1 amide bonds. The highest BCUT2D eigenvalue weighted by molar-refractivity contribution is 6.04. The normalized spacial score (nSPS) is 13.6. The lowest BCUT2D eigenvalue weighted by Crippen LogP contribution is -2.36. The van der Waals surface area contributed by atoms with Gasteiger partial charge >= 0.3 is 0 Å². The summed E-state index contributed by atoms with van der Waals surface area (Å²) in [5.74, 6) is 0.515. The molecule has 7 heteroatoms. The lowest BCUT2D eigenvalue weighted by molar-refractivity contribution is 0.0955. The van der Waals surface area contributed by atoms with Crippen LogP contribution in [-0.4, -0.2) is 40.8 Å². The van der Waals surface area contributed by atoms with Crippen molar-refractivity contribution in [3.8, 4) is 5.75 Å². The first-order chi connectivity index (χ1) is 14.1. The molecule has 2 aromatic carbocycles. The Balaban J connectivity index is 1.72. The molecule has 0 spiro atoms. The molecule has 3 aromatic rings. The minimum Gasteiger partial charge on any atom is -0.496 e. The Kier molecular flexibility index (Phi) is 5.31. The number of amides is 1. The predicted octanol–water partition coefficient (Wildman–Crippen LogP) is 2.39. The molecule has 29 heavy (non-hydrogen) atoms. The number of nitrogens with one attached hydrogen (secondary N) is 1. The van der Waals surface area contributed by atoms with Gasteiger partial charge in [0.05, 0.1) is 19.2 Å². The molecular weight excluding hydrogens is 368 g/mol. The lowest BCUT2D eigenvalue weighted by atomic mass is 10.1. The number of fused-ring (bicyclic) bond motifs is 1. The summed E-state index contributed by atoms with van der Waals surface area (Å²) in [5, 5.41) is 8.10. The quantitative estimate of drug-likeness (QED) is 0.668. The summed E-state index contributed by atoms with van der Waals surface area (Å²) in [5.41, 5.74) is 1.12. The maximum Gasteiger partial charge on any atom is 0.275 e. The molecule has 1 aliphatic rings. The molecule has 7 nitrogen and oxygen atoms in total. The number of benzene rings is 2. The highest BCUT2D eigenvalue weighted by atomic mass is 16.5. The van der Waals surface area contributed by atoms with E-state index in [0.29, 0.717) is 30.0 Å². The third-order valence-corrected chi connectivity index (χ3v) is 5.25. The van der Waals surface area contributed by atoms with E-state index in [9.17, 15) is 9.59 Å². The number of methoxy groups -OCH3 is 1. The fraction of sp³-hybridized carbons (Fsp3) is 0.318. The van der Waals surface area contributed by atoms with E-state index in [1.807, 2.05) is 24.3 Å². The third-order valence-electron chi connectivity index (χ3n) is 5.25. The maximum atomic E-state index is 13.1. The number of para-hydroxylation sites is 1. The first kappa shape index (κ1) is 19.1. The number of hydrogen-bond donors (Lipinski definition) is 1. The van der Waals surface area contributed by atoms with Crippen LogP contribution in [0.25, 0.3) is 10.8 Å². The van der Waals surface area contributed by atoms with Gasteiger partial charge in [-0.05, 0) is 25.0 Å². The van der Waals surface area contributed by atoms with Crippen molar-refractivity contribution in [1.82, 2.24) is 20.0 Å². The number of ether oxygens (including phenoxy) is 1. The van der Waals surface area contributed by atoms with Gasteiger partial charge in [-0.2, -0.15) is 5.10 Å². The summed E-state index contributed by atoms with van der Waals surface area (Å²) >= 11 is 0. The summed E-state index contributed by atoms with van der Waals surface area (Å²) < 4.78 is 6.88. The Morgan fingerprint density at radius 2 is 1.86 bits per heavy atom. The van der Waals surface area contributed by atoms with Crippen molar-refractivity contribution in [3.05, 3.63) is 70.1 Å². The van der Waals surface area contributed by atoms with Gasteiger partial charge in [-0.25, -0.2) is 4.68 Å². The highest BCUT2D eigenvalue weighted by Crippen LogP contribution is 2.30. The second-order valence-corrected chi connectivity index (χ2v) is 7.21. The molecular formula is C22H24N4O3. The molecule has 1 fully saturated rings. The van der Waals surface area contributed by atoms with Crippen LogP contribution >= 0.6 is 0 Å². The fourth-order valence-corrected chi connectivity index (χ4v) is 3.58. The van der Waals surface area contributed by atoms with E-state index in [4.69, 9.17) is 4.74 Å². The molecule has 0 aliphatic heterocycles. The van der Waals surface area contributed by atoms with Gasteiger partial charge in [-0.1, -0.05) is 36.4 Å². The van der Waals surface area contributed by atoms with Gasteiger partial charge in [0.25, 0.3) is 11.5 Å². The maximum absolute atomic E-state index is 13.1. The van der Waals surface area contributed by atoms with E-state index in [0.717, 1.165) is 24.2 Å². The summed E-state index contributed by atoms with van der Waals surface area (Å²) in [4.78, 5) is 27.7. The molecule has 0 radical (unpaired) electrons. The van der Waals surface area contributed by atoms with Crippen molar-refractivity contribution >= 4 is 16.7 Å². The first-order valence-corrected chi connectivity index (χ1v) is 9.70. The largest absolute Gasteiger partial charge is 0.496 e. The summed E-state index contributed by atoms with van der Waals surface area (Å²) in [6.07, 6.45) is 2.17. The minimum absolute atomic E-state index is 0.195. The van der Waals surface area contributed by atoms with Crippen molar-refractivity contribution in [2.75, 3.05) is 14.2 Å². The fourth-order valence-electron chi connectivity index (χ4n) is 3.58. The minimum atomic E-state index is -0.308. The van der Waals surface area contributed by atoms with Crippen molar-refractivity contribution in [2.45, 2.75) is 32.1 Å². The van der Waals surface area contributed by atoms with Gasteiger partial charge in [0, 0.05) is 30.6 Å². The van der Waals surface area contributed by atoms with Crippen LogP contribution in [0.4, 0.5) is 0 Å². The number of aromatic nitrogens is 2. The van der Waals surface area contributed by atoms with Gasteiger partial charge in [-0.15, -0.1) is 0 Å². The molecule has 1 heterocycles. The number of carbonyl (C=O) groups excluding carboxylic acids is 1. The third kappa shape index (κ3) is 3.86. The van der Waals surface area contributed by atoms with Crippen molar-refractivity contribution in [2.24, 2.45) is 0 Å². The Labute approximate surface area is 168 Å². The smallest absolute Gasteiger partial charge is 0.275 e. The van der Waals surface area contributed by atoms with Gasteiger partial charge in [0.15, 0.2) is 5.69 Å². The average molecular weight is 392 g/mol.